The summed E-state index contributed by atoms with van der Waals surface area (Å²) in [5.41, 5.74) is 2.58. The number of rotatable bonds is 6. The quantitative estimate of drug-likeness (QED) is 0.773. The van der Waals surface area contributed by atoms with Crippen molar-refractivity contribution in [2.45, 2.75) is 17.9 Å². The highest BCUT2D eigenvalue weighted by molar-refractivity contribution is 9.10. The SMILES string of the molecule is COCCC(N)(c1nc(Br)ccc1F)C(F)(F)CO. The fourth-order valence-corrected chi connectivity index (χ4v) is 1.92. The maximum absolute atomic E-state index is 13.9. The van der Waals surface area contributed by atoms with Crippen LogP contribution in [0.25, 0.3) is 0 Å². The molecule has 0 aliphatic carbocycles. The highest BCUT2D eigenvalue weighted by Gasteiger charge is 2.53. The van der Waals surface area contributed by atoms with Crippen molar-refractivity contribution in [3.8, 4) is 0 Å². The highest BCUT2D eigenvalue weighted by Crippen LogP contribution is 2.38. The van der Waals surface area contributed by atoms with Gasteiger partial charge in [0.1, 0.15) is 28.3 Å². The summed E-state index contributed by atoms with van der Waals surface area (Å²) in [6, 6.07) is 2.25. The first kappa shape index (κ1) is 16.4. The number of nitrogens with zero attached hydrogens (tertiary/aromatic N) is 1. The summed E-state index contributed by atoms with van der Waals surface area (Å²) in [6.07, 6.45) is -0.391. The maximum Gasteiger partial charge on any atom is 0.294 e. The molecule has 0 saturated carbocycles. The molecule has 1 rings (SSSR count). The lowest BCUT2D eigenvalue weighted by Gasteiger charge is -2.35. The number of halogens is 4. The Bertz CT molecular complexity index is 448. The lowest BCUT2D eigenvalue weighted by Crippen LogP contribution is -2.56. The van der Waals surface area contributed by atoms with E-state index in [1.54, 1.807) is 0 Å². The summed E-state index contributed by atoms with van der Waals surface area (Å²) in [7, 11) is 1.31. The molecule has 0 saturated heterocycles. The zero-order chi connectivity index (χ0) is 14.7. The van der Waals surface area contributed by atoms with E-state index >= 15 is 0 Å². The second-order valence-corrected chi connectivity index (χ2v) is 4.85. The van der Waals surface area contributed by atoms with Crippen LogP contribution in [0.2, 0.25) is 0 Å². The first-order valence-electron chi connectivity index (χ1n) is 5.37. The number of pyridine rings is 1. The molecule has 4 nitrogen and oxygen atoms in total. The number of methoxy groups -OCH3 is 1. The van der Waals surface area contributed by atoms with Gasteiger partial charge >= 0.3 is 0 Å². The number of hydrogen-bond donors (Lipinski definition) is 2. The Morgan fingerprint density at radius 2 is 2.11 bits per heavy atom. The summed E-state index contributed by atoms with van der Waals surface area (Å²) >= 11 is 2.97. The number of aliphatic hydroxyl groups excluding tert-OH is 1. The Kier molecular flexibility index (Phi) is 5.31. The summed E-state index contributed by atoms with van der Waals surface area (Å²) in [4.78, 5) is 3.68. The van der Waals surface area contributed by atoms with Crippen LogP contribution in [0.3, 0.4) is 0 Å². The second kappa shape index (κ2) is 6.17. The molecule has 0 aromatic carbocycles. The Morgan fingerprint density at radius 1 is 1.47 bits per heavy atom. The lowest BCUT2D eigenvalue weighted by atomic mass is 9.85. The average molecular weight is 343 g/mol. The number of aliphatic hydroxyl groups is 1. The van der Waals surface area contributed by atoms with Gasteiger partial charge in [-0.25, -0.2) is 18.2 Å². The minimum atomic E-state index is -3.74. The summed E-state index contributed by atoms with van der Waals surface area (Å²) < 4.78 is 46.4. The summed E-state index contributed by atoms with van der Waals surface area (Å²) in [5, 5.41) is 8.82. The van der Waals surface area contributed by atoms with Gasteiger partial charge in [0.15, 0.2) is 0 Å². The molecule has 0 aliphatic heterocycles. The normalized spacial score (nSPS) is 15.3. The molecule has 0 amide bonds. The molecular formula is C11H14BrF3N2O2. The summed E-state index contributed by atoms with van der Waals surface area (Å²) in [6.45, 7) is -1.64. The van der Waals surface area contributed by atoms with Crippen molar-refractivity contribution < 1.29 is 23.0 Å². The predicted octanol–water partition coefficient (Wildman–Crippen LogP) is 1.80. The molecule has 8 heteroatoms. The van der Waals surface area contributed by atoms with Crippen molar-refractivity contribution in [3.63, 3.8) is 0 Å². The van der Waals surface area contributed by atoms with Crippen LogP contribution in [0.5, 0.6) is 0 Å². The van der Waals surface area contributed by atoms with E-state index in [9.17, 15) is 13.2 Å². The smallest absolute Gasteiger partial charge is 0.294 e. The van der Waals surface area contributed by atoms with Gasteiger partial charge in [-0.15, -0.1) is 0 Å². The van der Waals surface area contributed by atoms with Crippen molar-refractivity contribution in [1.29, 1.82) is 0 Å². The van der Waals surface area contributed by atoms with Gasteiger partial charge in [0.25, 0.3) is 5.92 Å². The van der Waals surface area contributed by atoms with Gasteiger partial charge in [0.2, 0.25) is 0 Å². The largest absolute Gasteiger partial charge is 0.390 e. The van der Waals surface area contributed by atoms with Gasteiger partial charge in [-0.3, -0.25) is 0 Å². The van der Waals surface area contributed by atoms with Crippen molar-refractivity contribution in [2.75, 3.05) is 20.3 Å². The number of aromatic nitrogens is 1. The monoisotopic (exact) mass is 342 g/mol. The molecule has 108 valence electrons. The van der Waals surface area contributed by atoms with Crippen molar-refractivity contribution >= 4 is 15.9 Å². The number of ether oxygens (including phenoxy) is 1. The van der Waals surface area contributed by atoms with E-state index in [-0.39, 0.29) is 11.2 Å². The Hall–Kier alpha value is -0.700. The first-order chi connectivity index (χ1) is 8.78. The molecule has 1 aromatic heterocycles. The minimum absolute atomic E-state index is 0.125. The fraction of sp³-hybridized carbons (Fsp3) is 0.545. The van der Waals surface area contributed by atoms with E-state index in [1.807, 2.05) is 0 Å². The molecule has 0 radical (unpaired) electrons. The maximum atomic E-state index is 13.9. The van der Waals surface area contributed by atoms with E-state index in [2.05, 4.69) is 20.9 Å². The van der Waals surface area contributed by atoms with Crippen LogP contribution >= 0.6 is 15.9 Å². The van der Waals surface area contributed by atoms with Gasteiger partial charge in [0.05, 0.1) is 0 Å². The second-order valence-electron chi connectivity index (χ2n) is 4.04. The topological polar surface area (TPSA) is 68.4 Å². The lowest BCUT2D eigenvalue weighted by molar-refractivity contribution is -0.123. The average Bonchev–Trinajstić information content (AvgIpc) is 2.38. The molecule has 0 bridgehead atoms. The van der Waals surface area contributed by atoms with Crippen LogP contribution in [-0.2, 0) is 10.3 Å². The van der Waals surface area contributed by atoms with Crippen LogP contribution in [0, 0.1) is 5.82 Å². The predicted molar refractivity (Wildman–Crippen MR) is 66.3 cm³/mol. The molecule has 0 aliphatic rings. The van der Waals surface area contributed by atoms with Crippen LogP contribution in [0.4, 0.5) is 13.2 Å². The molecule has 0 fully saturated rings. The molecule has 1 unspecified atom stereocenters. The standard InChI is InChI=1S/C11H14BrF3N2O2/c1-19-5-4-10(16,11(14,15)6-18)9-7(13)2-3-8(12)17-9/h2-3,18H,4-6,16H2,1H3. The Labute approximate surface area is 116 Å². The van der Waals surface area contributed by atoms with Gasteiger partial charge in [-0.1, -0.05) is 0 Å². The van der Waals surface area contributed by atoms with Gasteiger partial charge < -0.3 is 15.6 Å². The molecule has 0 spiro atoms. The zero-order valence-electron chi connectivity index (χ0n) is 10.2. The van der Waals surface area contributed by atoms with E-state index in [1.165, 1.54) is 13.2 Å². The third kappa shape index (κ3) is 3.25. The fourth-order valence-electron chi connectivity index (χ4n) is 1.61. The van der Waals surface area contributed by atoms with Crippen molar-refractivity contribution in [1.82, 2.24) is 4.98 Å². The molecule has 3 N–H and O–H groups in total. The van der Waals surface area contributed by atoms with Crippen molar-refractivity contribution in [2.24, 2.45) is 5.73 Å². The van der Waals surface area contributed by atoms with Gasteiger partial charge in [0, 0.05) is 20.1 Å². The summed E-state index contributed by atoms with van der Waals surface area (Å²) in [5.74, 6) is -4.70. The highest BCUT2D eigenvalue weighted by atomic mass is 79.9. The van der Waals surface area contributed by atoms with Crippen LogP contribution < -0.4 is 5.73 Å². The minimum Gasteiger partial charge on any atom is -0.390 e. The molecule has 1 heterocycles. The van der Waals surface area contributed by atoms with E-state index in [0.717, 1.165) is 6.07 Å². The molecule has 19 heavy (non-hydrogen) atoms. The van der Waals surface area contributed by atoms with Gasteiger partial charge in [-0.05, 0) is 28.1 Å². The molecular weight excluding hydrogens is 329 g/mol. The van der Waals surface area contributed by atoms with Gasteiger partial charge in [-0.2, -0.15) is 0 Å². The van der Waals surface area contributed by atoms with Crippen LogP contribution in [0.1, 0.15) is 12.1 Å². The third-order valence-electron chi connectivity index (χ3n) is 2.79. The van der Waals surface area contributed by atoms with Crippen LogP contribution in [-0.4, -0.2) is 36.3 Å². The molecule has 1 aromatic rings. The zero-order valence-corrected chi connectivity index (χ0v) is 11.8. The number of alkyl halides is 2. The van der Waals surface area contributed by atoms with E-state index < -0.39 is 36.0 Å². The van der Waals surface area contributed by atoms with Crippen molar-refractivity contribution in [3.05, 3.63) is 28.2 Å². The first-order valence-corrected chi connectivity index (χ1v) is 6.17. The Morgan fingerprint density at radius 3 is 2.63 bits per heavy atom. The number of nitrogens with two attached hydrogens (primary N) is 1. The molecule has 1 atom stereocenters. The Balaban J connectivity index is 3.34. The van der Waals surface area contributed by atoms with E-state index in [4.69, 9.17) is 15.6 Å². The van der Waals surface area contributed by atoms with E-state index in [0.29, 0.717) is 0 Å². The van der Waals surface area contributed by atoms with Crippen LogP contribution in [0.15, 0.2) is 16.7 Å². The number of hydrogen-bond acceptors (Lipinski definition) is 4. The third-order valence-corrected chi connectivity index (χ3v) is 3.23.